The largest absolute Gasteiger partial charge is 0.273 e. The minimum absolute atomic E-state index is 0.133. The van der Waals surface area contributed by atoms with Crippen LogP contribution in [0.15, 0.2) is 41.3 Å². The van der Waals surface area contributed by atoms with Gasteiger partial charge in [-0.15, -0.1) is 0 Å². The maximum Gasteiger partial charge on any atom is 0.273 e. The molecule has 0 aliphatic rings. The minimum atomic E-state index is -3.91. The van der Waals surface area contributed by atoms with Gasteiger partial charge in [-0.1, -0.05) is 17.7 Å². The van der Waals surface area contributed by atoms with E-state index in [4.69, 9.17) is 11.6 Å². The van der Waals surface area contributed by atoms with Gasteiger partial charge >= 0.3 is 0 Å². The van der Waals surface area contributed by atoms with Gasteiger partial charge in [0.05, 0.1) is 15.5 Å². The Labute approximate surface area is 139 Å². The van der Waals surface area contributed by atoms with Crippen LogP contribution in [-0.2, 0) is 10.0 Å². The summed E-state index contributed by atoms with van der Waals surface area (Å²) in [5.41, 5.74) is 1.31. The van der Waals surface area contributed by atoms with Gasteiger partial charge in [-0.3, -0.25) is 14.4 Å². The van der Waals surface area contributed by atoms with Crippen LogP contribution in [0.1, 0.15) is 11.1 Å². The summed E-state index contributed by atoms with van der Waals surface area (Å²) in [5, 5.41) is 11.5. The Bertz CT molecular complexity index is 881. The fraction of sp³-hybridized carbons (Fsp3) is 0.200. The highest BCUT2D eigenvalue weighted by Gasteiger charge is 2.25. The first-order valence-corrected chi connectivity index (χ1v) is 8.46. The Morgan fingerprint density at radius 3 is 2.30 bits per heavy atom. The SMILES string of the molecule is Cc1cc(Cl)ccc1N(C)S(=O)(=O)c1ccc(C)c([N+](=O)[O-])c1. The highest BCUT2D eigenvalue weighted by molar-refractivity contribution is 7.92. The fourth-order valence-corrected chi connectivity index (χ4v) is 3.71. The van der Waals surface area contributed by atoms with E-state index >= 15 is 0 Å². The number of nitrogens with zero attached hydrogens (tertiary/aromatic N) is 2. The lowest BCUT2D eigenvalue weighted by Crippen LogP contribution is -2.27. The van der Waals surface area contributed by atoms with Crippen molar-refractivity contribution in [3.05, 3.63) is 62.7 Å². The summed E-state index contributed by atoms with van der Waals surface area (Å²) >= 11 is 5.88. The number of nitro groups is 1. The second-order valence-electron chi connectivity index (χ2n) is 5.11. The van der Waals surface area contributed by atoms with Crippen molar-refractivity contribution in [3.63, 3.8) is 0 Å². The van der Waals surface area contributed by atoms with Gasteiger partial charge in [-0.2, -0.15) is 0 Å². The summed E-state index contributed by atoms with van der Waals surface area (Å²) in [6, 6.07) is 8.70. The molecule has 0 aromatic heterocycles. The van der Waals surface area contributed by atoms with Gasteiger partial charge < -0.3 is 0 Å². The monoisotopic (exact) mass is 354 g/mol. The maximum absolute atomic E-state index is 12.7. The first kappa shape index (κ1) is 17.2. The van der Waals surface area contributed by atoms with E-state index in [1.165, 1.54) is 19.2 Å². The van der Waals surface area contributed by atoms with E-state index < -0.39 is 14.9 Å². The molecule has 0 atom stereocenters. The van der Waals surface area contributed by atoms with Crippen molar-refractivity contribution >= 4 is 33.0 Å². The summed E-state index contributed by atoms with van der Waals surface area (Å²) < 4.78 is 26.5. The molecule has 2 aromatic rings. The second kappa shape index (κ2) is 6.17. The van der Waals surface area contributed by atoms with Gasteiger partial charge in [0, 0.05) is 23.7 Å². The van der Waals surface area contributed by atoms with Gasteiger partial charge in [-0.25, -0.2) is 8.42 Å². The standard InChI is InChI=1S/C15H15ClN2O4S/c1-10-4-6-13(9-15(10)18(19)20)23(21,22)17(3)14-7-5-12(16)8-11(14)2/h4-9H,1-3H3. The van der Waals surface area contributed by atoms with Crippen molar-refractivity contribution < 1.29 is 13.3 Å². The molecule has 0 N–H and O–H groups in total. The number of nitro benzene ring substituents is 1. The lowest BCUT2D eigenvalue weighted by atomic mass is 10.2. The lowest BCUT2D eigenvalue weighted by molar-refractivity contribution is -0.385. The number of rotatable bonds is 4. The lowest BCUT2D eigenvalue weighted by Gasteiger charge is -2.21. The second-order valence-corrected chi connectivity index (χ2v) is 7.51. The molecule has 0 aliphatic carbocycles. The van der Waals surface area contributed by atoms with Crippen LogP contribution in [0.2, 0.25) is 5.02 Å². The molecule has 6 nitrogen and oxygen atoms in total. The number of sulfonamides is 1. The number of aryl methyl sites for hydroxylation is 2. The topological polar surface area (TPSA) is 80.5 Å². The Balaban J connectivity index is 2.53. The first-order valence-electron chi connectivity index (χ1n) is 6.64. The molecule has 0 heterocycles. The van der Waals surface area contributed by atoms with Crippen molar-refractivity contribution in [2.24, 2.45) is 0 Å². The molecule has 0 aliphatic heterocycles. The zero-order chi connectivity index (χ0) is 17.4. The van der Waals surface area contributed by atoms with E-state index in [2.05, 4.69) is 0 Å². The van der Waals surface area contributed by atoms with Crippen LogP contribution in [0.4, 0.5) is 11.4 Å². The van der Waals surface area contributed by atoms with E-state index in [1.54, 1.807) is 32.0 Å². The molecule has 23 heavy (non-hydrogen) atoms. The zero-order valence-electron chi connectivity index (χ0n) is 12.8. The summed E-state index contributed by atoms with van der Waals surface area (Å²) in [7, 11) is -2.51. The van der Waals surface area contributed by atoms with Crippen LogP contribution in [-0.4, -0.2) is 20.4 Å². The zero-order valence-corrected chi connectivity index (χ0v) is 14.4. The quantitative estimate of drug-likeness (QED) is 0.619. The van der Waals surface area contributed by atoms with Crippen LogP contribution in [0.5, 0.6) is 0 Å². The summed E-state index contributed by atoms with van der Waals surface area (Å²) in [6.45, 7) is 3.30. The van der Waals surface area contributed by atoms with Crippen molar-refractivity contribution in [3.8, 4) is 0 Å². The van der Waals surface area contributed by atoms with Crippen LogP contribution in [0.3, 0.4) is 0 Å². The van der Waals surface area contributed by atoms with Gasteiger partial charge in [0.2, 0.25) is 0 Å². The highest BCUT2D eigenvalue weighted by Crippen LogP contribution is 2.29. The van der Waals surface area contributed by atoms with E-state index in [1.807, 2.05) is 0 Å². The molecule has 0 amide bonds. The third-order valence-corrected chi connectivity index (χ3v) is 5.54. The molecule has 122 valence electrons. The van der Waals surface area contributed by atoms with Gasteiger partial charge in [0.1, 0.15) is 0 Å². The van der Waals surface area contributed by atoms with Crippen LogP contribution < -0.4 is 4.31 Å². The fourth-order valence-electron chi connectivity index (χ4n) is 2.21. The molecule has 0 radical (unpaired) electrons. The first-order chi connectivity index (χ1) is 10.6. The molecule has 0 fully saturated rings. The summed E-state index contributed by atoms with van der Waals surface area (Å²) in [4.78, 5) is 10.3. The van der Waals surface area contributed by atoms with Crippen LogP contribution in [0.25, 0.3) is 0 Å². The minimum Gasteiger partial charge on any atom is -0.269 e. The molecule has 2 aromatic carbocycles. The van der Waals surface area contributed by atoms with Gasteiger partial charge in [0.25, 0.3) is 15.7 Å². The van der Waals surface area contributed by atoms with Crippen molar-refractivity contribution in [1.29, 1.82) is 0 Å². The smallest absolute Gasteiger partial charge is 0.269 e. The molecule has 8 heteroatoms. The summed E-state index contributed by atoms with van der Waals surface area (Å²) in [5.74, 6) is 0. The molecule has 0 spiro atoms. The molecule has 0 bridgehead atoms. The molecule has 0 saturated heterocycles. The van der Waals surface area contributed by atoms with E-state index in [0.29, 0.717) is 21.8 Å². The maximum atomic E-state index is 12.7. The normalized spacial score (nSPS) is 11.3. The average Bonchev–Trinajstić information content (AvgIpc) is 2.46. The molecular weight excluding hydrogens is 340 g/mol. The van der Waals surface area contributed by atoms with Crippen molar-refractivity contribution in [2.45, 2.75) is 18.7 Å². The Hall–Kier alpha value is -2.12. The highest BCUT2D eigenvalue weighted by atomic mass is 35.5. The molecule has 0 saturated carbocycles. The number of anilines is 1. The molecular formula is C15H15ClN2O4S. The van der Waals surface area contributed by atoms with E-state index in [0.717, 1.165) is 10.4 Å². The van der Waals surface area contributed by atoms with Crippen LogP contribution in [0, 0.1) is 24.0 Å². The van der Waals surface area contributed by atoms with E-state index in [-0.39, 0.29) is 10.6 Å². The third-order valence-electron chi connectivity index (χ3n) is 3.53. The number of hydrogen-bond acceptors (Lipinski definition) is 4. The van der Waals surface area contributed by atoms with Gasteiger partial charge in [-0.05, 0) is 43.7 Å². The third kappa shape index (κ3) is 3.30. The Morgan fingerprint density at radius 2 is 1.74 bits per heavy atom. The van der Waals surface area contributed by atoms with Crippen LogP contribution >= 0.6 is 11.6 Å². The Kier molecular flexibility index (Phi) is 4.63. The summed E-state index contributed by atoms with van der Waals surface area (Å²) in [6.07, 6.45) is 0. The number of halogens is 1. The number of benzene rings is 2. The molecule has 0 unspecified atom stereocenters. The van der Waals surface area contributed by atoms with Gasteiger partial charge in [0.15, 0.2) is 0 Å². The van der Waals surface area contributed by atoms with Crippen molar-refractivity contribution in [2.75, 3.05) is 11.4 Å². The predicted octanol–water partition coefficient (Wildman–Crippen LogP) is 3.69. The predicted molar refractivity (Wildman–Crippen MR) is 89.6 cm³/mol. The average molecular weight is 355 g/mol. The van der Waals surface area contributed by atoms with Crippen molar-refractivity contribution in [1.82, 2.24) is 0 Å². The Morgan fingerprint density at radius 1 is 1.09 bits per heavy atom. The molecule has 2 rings (SSSR count). The van der Waals surface area contributed by atoms with E-state index in [9.17, 15) is 18.5 Å². The number of hydrogen-bond donors (Lipinski definition) is 0.